The summed E-state index contributed by atoms with van der Waals surface area (Å²) in [4.78, 5) is 40.6. The third-order valence-electron chi connectivity index (χ3n) is 5.76. The normalized spacial score (nSPS) is 12.4. The van der Waals surface area contributed by atoms with Crippen LogP contribution < -0.4 is 4.90 Å². The van der Waals surface area contributed by atoms with Crippen molar-refractivity contribution in [2.24, 2.45) is 0 Å². The van der Waals surface area contributed by atoms with Crippen LogP contribution >= 0.6 is 11.6 Å². The van der Waals surface area contributed by atoms with Gasteiger partial charge < -0.3 is 24.1 Å². The van der Waals surface area contributed by atoms with E-state index in [4.69, 9.17) is 9.15 Å². The molecule has 2 N–H and O–H groups in total. The van der Waals surface area contributed by atoms with Crippen molar-refractivity contribution in [3.8, 4) is 5.75 Å². The number of alkyl halides is 1. The largest absolute Gasteiger partial charge is 0.506 e. The number of methoxy groups -OCH3 is 1. The fourth-order valence-corrected chi connectivity index (χ4v) is 4.32. The van der Waals surface area contributed by atoms with Crippen molar-refractivity contribution in [3.63, 3.8) is 0 Å². The van der Waals surface area contributed by atoms with Gasteiger partial charge in [-0.3, -0.25) is 14.9 Å². The average Bonchev–Trinajstić information content (AvgIpc) is 3.53. The zero-order valence-corrected chi connectivity index (χ0v) is 19.2. The van der Waals surface area contributed by atoms with Gasteiger partial charge in [-0.1, -0.05) is 0 Å². The number of amides is 1. The standard InChI is InChI=1S/C22H17N3O7.CH3Cl/c1-10-18(22(28)31-2)19-13-5-6-24(14(13)9-15(26)20(19)23-10)21(27)17-8-11-7-12(25(29)30)3-4-16(11)32-17;1-2/h3-4,7-9,23,26H,5-6H2,1-2H3;1H3. The van der Waals surface area contributed by atoms with E-state index in [1.54, 1.807) is 6.92 Å². The van der Waals surface area contributed by atoms with Gasteiger partial charge in [0.15, 0.2) is 5.76 Å². The number of phenolic OH excluding ortho intramolecular Hbond substituents is 1. The maximum atomic E-state index is 13.2. The number of rotatable bonds is 3. The number of phenols is 1. The number of nitro groups is 1. The summed E-state index contributed by atoms with van der Waals surface area (Å²) in [7, 11) is 1.28. The van der Waals surface area contributed by atoms with Crippen molar-refractivity contribution in [2.75, 3.05) is 24.9 Å². The molecule has 0 radical (unpaired) electrons. The van der Waals surface area contributed by atoms with Crippen LogP contribution in [-0.2, 0) is 11.2 Å². The van der Waals surface area contributed by atoms with Crippen LogP contribution in [0.25, 0.3) is 21.9 Å². The van der Waals surface area contributed by atoms with Crippen molar-refractivity contribution in [1.29, 1.82) is 0 Å². The van der Waals surface area contributed by atoms with Crippen molar-refractivity contribution in [3.05, 3.63) is 63.0 Å². The number of esters is 1. The monoisotopic (exact) mass is 485 g/mol. The summed E-state index contributed by atoms with van der Waals surface area (Å²) < 4.78 is 10.5. The summed E-state index contributed by atoms with van der Waals surface area (Å²) in [6.45, 7) is 2.03. The first-order valence-corrected chi connectivity index (χ1v) is 10.9. The second-order valence-electron chi connectivity index (χ2n) is 7.56. The topological polar surface area (TPSA) is 139 Å². The maximum Gasteiger partial charge on any atom is 0.340 e. The predicted molar refractivity (Wildman–Crippen MR) is 126 cm³/mol. The number of ether oxygens (including phenoxy) is 1. The van der Waals surface area contributed by atoms with E-state index < -0.39 is 16.8 Å². The highest BCUT2D eigenvalue weighted by molar-refractivity contribution is 6.15. The fourth-order valence-electron chi connectivity index (χ4n) is 4.32. The summed E-state index contributed by atoms with van der Waals surface area (Å²) in [5.41, 5.74) is 2.74. The van der Waals surface area contributed by atoms with Crippen molar-refractivity contribution in [1.82, 2.24) is 4.98 Å². The van der Waals surface area contributed by atoms with Crippen LogP contribution in [0.15, 0.2) is 34.7 Å². The first-order valence-electron chi connectivity index (χ1n) is 10.1. The molecule has 1 amide bonds. The summed E-state index contributed by atoms with van der Waals surface area (Å²) >= 11 is 4.64. The summed E-state index contributed by atoms with van der Waals surface area (Å²) in [6.07, 6.45) is 1.94. The predicted octanol–water partition coefficient (Wildman–Crippen LogP) is 4.68. The number of aryl methyl sites for hydroxylation is 1. The Kier molecular flexibility index (Phi) is 5.92. The third-order valence-corrected chi connectivity index (χ3v) is 5.76. The molecule has 5 rings (SSSR count). The van der Waals surface area contributed by atoms with Crippen LogP contribution in [0.4, 0.5) is 11.4 Å². The van der Waals surface area contributed by atoms with Crippen molar-refractivity contribution >= 4 is 56.7 Å². The number of anilines is 1. The van der Waals surface area contributed by atoms with Gasteiger partial charge >= 0.3 is 5.97 Å². The summed E-state index contributed by atoms with van der Waals surface area (Å²) in [5.74, 6) is -1.07. The molecule has 34 heavy (non-hydrogen) atoms. The Hall–Kier alpha value is -4.05. The Balaban J connectivity index is 0.00000133. The number of fused-ring (bicyclic) bond motifs is 4. The molecule has 0 atom stereocenters. The molecule has 2 aromatic carbocycles. The molecule has 0 unspecified atom stereocenters. The number of carbonyl (C=O) groups is 2. The molecular formula is C23H20ClN3O7. The number of hydrogen-bond donors (Lipinski definition) is 2. The minimum atomic E-state index is -0.537. The molecule has 10 nitrogen and oxygen atoms in total. The number of carbonyl (C=O) groups excluding carboxylic acids is 2. The number of aromatic hydroxyl groups is 1. The van der Waals surface area contributed by atoms with Crippen LogP contribution in [0.5, 0.6) is 5.75 Å². The van der Waals surface area contributed by atoms with E-state index in [2.05, 4.69) is 16.6 Å². The number of hydrogen-bond acceptors (Lipinski definition) is 7. The molecule has 0 saturated carbocycles. The van der Waals surface area contributed by atoms with E-state index in [9.17, 15) is 24.8 Å². The minimum Gasteiger partial charge on any atom is -0.506 e. The molecule has 176 valence electrons. The Morgan fingerprint density at radius 1 is 1.26 bits per heavy atom. The fraction of sp³-hybridized carbons (Fsp3) is 0.217. The lowest BCUT2D eigenvalue weighted by Crippen LogP contribution is -2.28. The molecule has 0 fully saturated rings. The first-order chi connectivity index (χ1) is 16.3. The van der Waals surface area contributed by atoms with Crippen molar-refractivity contribution in [2.45, 2.75) is 13.3 Å². The minimum absolute atomic E-state index is 0.0198. The first kappa shape index (κ1) is 23.1. The summed E-state index contributed by atoms with van der Waals surface area (Å²) in [6, 6.07) is 7.04. The number of nitro benzene ring substituents is 1. The smallest absolute Gasteiger partial charge is 0.340 e. The second kappa shape index (κ2) is 8.71. The third kappa shape index (κ3) is 3.52. The van der Waals surface area contributed by atoms with Crippen LogP contribution in [-0.4, -0.2) is 46.9 Å². The number of benzene rings is 2. The molecule has 2 aromatic heterocycles. The maximum absolute atomic E-state index is 13.2. The van der Waals surface area contributed by atoms with Crippen molar-refractivity contribution < 1.29 is 28.8 Å². The molecule has 0 bridgehead atoms. The van der Waals surface area contributed by atoms with Gasteiger partial charge in [-0.2, -0.15) is 0 Å². The highest BCUT2D eigenvalue weighted by Crippen LogP contribution is 2.42. The Morgan fingerprint density at radius 3 is 2.68 bits per heavy atom. The Morgan fingerprint density at radius 2 is 2.00 bits per heavy atom. The van der Waals surface area contributed by atoms with E-state index in [1.807, 2.05) is 0 Å². The highest BCUT2D eigenvalue weighted by atomic mass is 35.5. The van der Waals surface area contributed by atoms with Gasteiger partial charge in [-0.25, -0.2) is 4.79 Å². The zero-order chi connectivity index (χ0) is 24.7. The number of non-ortho nitro benzene ring substituents is 1. The summed E-state index contributed by atoms with van der Waals surface area (Å²) in [5, 5.41) is 22.6. The number of nitrogens with zero attached hydrogens (tertiary/aromatic N) is 2. The number of aromatic amines is 1. The van der Waals surface area contributed by atoms with E-state index >= 15 is 0 Å². The van der Waals surface area contributed by atoms with Gasteiger partial charge in [0.2, 0.25) is 0 Å². The number of halogens is 1. The Labute approximate surface area is 197 Å². The highest BCUT2D eigenvalue weighted by Gasteiger charge is 2.33. The van der Waals surface area contributed by atoms with E-state index in [-0.39, 0.29) is 17.2 Å². The van der Waals surface area contributed by atoms with Crippen LogP contribution in [0, 0.1) is 17.0 Å². The second-order valence-corrected chi connectivity index (χ2v) is 7.56. The van der Waals surface area contributed by atoms with E-state index in [0.29, 0.717) is 51.8 Å². The van der Waals surface area contributed by atoms with Gasteiger partial charge in [-0.05, 0) is 31.0 Å². The molecule has 1 aliphatic heterocycles. The van der Waals surface area contributed by atoms with E-state index in [1.165, 1.54) is 48.7 Å². The van der Waals surface area contributed by atoms with Gasteiger partial charge in [0.1, 0.15) is 11.3 Å². The van der Waals surface area contributed by atoms with Crippen LogP contribution in [0.1, 0.15) is 32.2 Å². The number of aromatic nitrogens is 1. The SMILES string of the molecule is CCl.COC(=O)c1c(C)[nH]c2c(O)cc3c(c12)CCN3C(=O)c1cc2cc([N+](=O)[O-])ccc2o1. The molecule has 1 aliphatic rings. The van der Waals surface area contributed by atoms with E-state index in [0.717, 1.165) is 5.56 Å². The van der Waals surface area contributed by atoms with Gasteiger partial charge in [0.25, 0.3) is 11.6 Å². The Bertz CT molecular complexity index is 1470. The lowest BCUT2D eigenvalue weighted by molar-refractivity contribution is -0.384. The lowest BCUT2D eigenvalue weighted by Gasteiger charge is -2.16. The number of nitrogens with one attached hydrogen (secondary N) is 1. The van der Waals surface area contributed by atoms with Gasteiger partial charge in [0.05, 0.1) is 28.8 Å². The molecule has 3 heterocycles. The molecule has 11 heteroatoms. The number of H-pyrrole nitrogens is 1. The zero-order valence-electron chi connectivity index (χ0n) is 18.5. The molecule has 0 spiro atoms. The molecule has 0 saturated heterocycles. The lowest BCUT2D eigenvalue weighted by atomic mass is 10.0. The average molecular weight is 486 g/mol. The quantitative estimate of drug-likeness (QED) is 0.186. The van der Waals surface area contributed by atoms with Gasteiger partial charge in [0, 0.05) is 47.6 Å². The molecular weight excluding hydrogens is 466 g/mol. The molecule has 4 aromatic rings. The van der Waals surface area contributed by atoms with Crippen LogP contribution in [0.3, 0.4) is 0 Å². The van der Waals surface area contributed by atoms with Gasteiger partial charge in [-0.15, -0.1) is 11.6 Å². The molecule has 0 aliphatic carbocycles. The van der Waals surface area contributed by atoms with Crippen LogP contribution in [0.2, 0.25) is 0 Å². The number of furan rings is 1.